The monoisotopic (exact) mass is 382 g/mol. The van der Waals surface area contributed by atoms with E-state index >= 15 is 0 Å². The number of allylic oxidation sites excluding steroid dienone is 1. The predicted octanol–water partition coefficient (Wildman–Crippen LogP) is 4.46. The Bertz CT molecular complexity index is 885. The molecule has 3 rings (SSSR count). The summed E-state index contributed by atoms with van der Waals surface area (Å²) in [6.07, 6.45) is 4.36. The molecule has 2 aromatic rings. The van der Waals surface area contributed by atoms with E-state index in [4.69, 9.17) is 18.9 Å². The van der Waals surface area contributed by atoms with Crippen LogP contribution in [0, 0.1) is 0 Å². The minimum absolute atomic E-state index is 0.0998. The maximum absolute atomic E-state index is 12.7. The molecule has 5 nitrogen and oxygen atoms in total. The number of carbonyl (C=O) groups excluding carboxylic acids is 1. The first-order valence-corrected chi connectivity index (χ1v) is 9.40. The van der Waals surface area contributed by atoms with Gasteiger partial charge in [-0.05, 0) is 56.3 Å². The minimum atomic E-state index is -0.0998. The Kier molecular flexibility index (Phi) is 6.37. The largest absolute Gasteiger partial charge is 0.496 e. The summed E-state index contributed by atoms with van der Waals surface area (Å²) in [5, 5.41) is 0. The van der Waals surface area contributed by atoms with Gasteiger partial charge in [0.15, 0.2) is 5.78 Å². The molecule has 0 aromatic heterocycles. The van der Waals surface area contributed by atoms with Gasteiger partial charge >= 0.3 is 0 Å². The first-order valence-electron chi connectivity index (χ1n) is 9.40. The van der Waals surface area contributed by atoms with Crippen LogP contribution < -0.4 is 14.2 Å². The van der Waals surface area contributed by atoms with Gasteiger partial charge in [-0.1, -0.05) is 0 Å². The van der Waals surface area contributed by atoms with Crippen LogP contribution in [0.25, 0.3) is 6.08 Å². The van der Waals surface area contributed by atoms with Crippen molar-refractivity contribution in [1.29, 1.82) is 0 Å². The first kappa shape index (κ1) is 20.0. The van der Waals surface area contributed by atoms with E-state index in [0.29, 0.717) is 24.5 Å². The highest BCUT2D eigenvalue weighted by atomic mass is 16.5. The molecule has 148 valence electrons. The lowest BCUT2D eigenvalue weighted by molar-refractivity contribution is 0.104. The van der Waals surface area contributed by atoms with E-state index in [-0.39, 0.29) is 11.9 Å². The van der Waals surface area contributed by atoms with Gasteiger partial charge in [-0.2, -0.15) is 0 Å². The second-order valence-corrected chi connectivity index (χ2v) is 6.72. The Balaban J connectivity index is 1.86. The van der Waals surface area contributed by atoms with Crippen LogP contribution in [0.5, 0.6) is 17.2 Å². The van der Waals surface area contributed by atoms with Crippen molar-refractivity contribution in [3.05, 3.63) is 58.7 Å². The van der Waals surface area contributed by atoms with Crippen LogP contribution in [0.2, 0.25) is 0 Å². The van der Waals surface area contributed by atoms with E-state index in [1.807, 2.05) is 26.0 Å². The number of methoxy groups -OCH3 is 2. The molecule has 28 heavy (non-hydrogen) atoms. The van der Waals surface area contributed by atoms with E-state index in [0.717, 1.165) is 34.6 Å². The number of rotatable bonds is 8. The van der Waals surface area contributed by atoms with Crippen molar-refractivity contribution in [3.63, 3.8) is 0 Å². The molecule has 0 amide bonds. The summed E-state index contributed by atoms with van der Waals surface area (Å²) in [5.74, 6) is 2.22. The summed E-state index contributed by atoms with van der Waals surface area (Å²) in [6, 6.07) is 9.29. The van der Waals surface area contributed by atoms with Gasteiger partial charge in [0.1, 0.15) is 23.4 Å². The molecule has 2 aromatic carbocycles. The van der Waals surface area contributed by atoms with Gasteiger partial charge in [0.25, 0.3) is 0 Å². The predicted molar refractivity (Wildman–Crippen MR) is 108 cm³/mol. The number of ketones is 1. The van der Waals surface area contributed by atoms with E-state index in [2.05, 4.69) is 0 Å². The summed E-state index contributed by atoms with van der Waals surface area (Å²) < 4.78 is 22.1. The Morgan fingerprint density at radius 3 is 2.75 bits per heavy atom. The fourth-order valence-corrected chi connectivity index (χ4v) is 3.33. The van der Waals surface area contributed by atoms with Crippen molar-refractivity contribution in [2.24, 2.45) is 0 Å². The molecule has 0 unspecified atom stereocenters. The average Bonchev–Trinajstić information content (AvgIpc) is 3.05. The molecule has 1 atom stereocenters. The zero-order valence-electron chi connectivity index (χ0n) is 16.8. The molecular weight excluding hydrogens is 356 g/mol. The second-order valence-electron chi connectivity index (χ2n) is 6.72. The second kappa shape index (κ2) is 8.93. The number of carbonyl (C=O) groups is 1. The zero-order valence-corrected chi connectivity index (χ0v) is 16.8. The molecule has 0 bridgehead atoms. The minimum Gasteiger partial charge on any atom is -0.496 e. The Morgan fingerprint density at radius 1 is 1.21 bits per heavy atom. The molecule has 5 heteroatoms. The third-order valence-corrected chi connectivity index (χ3v) is 4.61. The quantitative estimate of drug-likeness (QED) is 0.498. The summed E-state index contributed by atoms with van der Waals surface area (Å²) in [5.41, 5.74) is 3.37. The van der Waals surface area contributed by atoms with Crippen molar-refractivity contribution in [2.75, 3.05) is 20.8 Å². The fourth-order valence-electron chi connectivity index (χ4n) is 3.33. The smallest absolute Gasteiger partial charge is 0.185 e. The average molecular weight is 382 g/mol. The van der Waals surface area contributed by atoms with E-state index in [9.17, 15) is 4.79 Å². The highest BCUT2D eigenvalue weighted by molar-refractivity contribution is 6.07. The maximum Gasteiger partial charge on any atom is 0.185 e. The molecule has 0 spiro atoms. The highest BCUT2D eigenvalue weighted by Gasteiger charge is 2.21. The molecule has 0 fully saturated rings. The Morgan fingerprint density at radius 2 is 2.04 bits per heavy atom. The molecule has 0 radical (unpaired) electrons. The fraction of sp³-hybridized carbons (Fsp3) is 0.348. The number of benzene rings is 2. The van der Waals surface area contributed by atoms with Gasteiger partial charge < -0.3 is 18.9 Å². The lowest BCUT2D eigenvalue weighted by Crippen LogP contribution is -2.05. The third-order valence-electron chi connectivity index (χ3n) is 4.61. The molecule has 0 saturated carbocycles. The van der Waals surface area contributed by atoms with E-state index in [1.165, 1.54) is 0 Å². The van der Waals surface area contributed by atoms with Gasteiger partial charge in [-0.3, -0.25) is 4.79 Å². The van der Waals surface area contributed by atoms with Gasteiger partial charge in [0, 0.05) is 35.8 Å². The third kappa shape index (κ3) is 4.37. The Hall–Kier alpha value is -2.79. The van der Waals surface area contributed by atoms with Crippen molar-refractivity contribution >= 4 is 11.9 Å². The van der Waals surface area contributed by atoms with Crippen molar-refractivity contribution in [3.8, 4) is 17.2 Å². The number of hydrogen-bond acceptors (Lipinski definition) is 5. The Labute approximate surface area is 165 Å². The molecule has 0 aliphatic carbocycles. The molecular formula is C23H26O5. The van der Waals surface area contributed by atoms with Crippen LogP contribution in [-0.2, 0) is 17.8 Å². The summed E-state index contributed by atoms with van der Waals surface area (Å²) >= 11 is 0. The molecule has 1 heterocycles. The van der Waals surface area contributed by atoms with E-state index < -0.39 is 0 Å². The topological polar surface area (TPSA) is 54.0 Å². The standard InChI is InChI=1S/C23H26O5/c1-5-27-22-13-18-10-15(2)28-23(18)12-17(22)6-8-20(24)16-7-9-21(26-4)19(11-16)14-25-3/h6-9,11-13,15H,5,10,14H2,1-4H3/b8-6+/t15-/m0/s1. The zero-order chi connectivity index (χ0) is 20.1. The van der Waals surface area contributed by atoms with Crippen LogP contribution >= 0.6 is 0 Å². The van der Waals surface area contributed by atoms with Gasteiger partial charge in [-0.25, -0.2) is 0 Å². The van der Waals surface area contributed by atoms with Crippen molar-refractivity contribution in [1.82, 2.24) is 0 Å². The van der Waals surface area contributed by atoms with Crippen LogP contribution in [0.15, 0.2) is 36.4 Å². The molecule has 1 aliphatic rings. The SMILES string of the molecule is CCOc1cc2c(cc1/C=C/C(=O)c1ccc(OC)c(COC)c1)O[C@@H](C)C2. The van der Waals surface area contributed by atoms with Gasteiger partial charge in [0.05, 0.1) is 20.3 Å². The molecule has 1 aliphatic heterocycles. The van der Waals surface area contributed by atoms with Crippen molar-refractivity contribution < 1.29 is 23.7 Å². The summed E-state index contributed by atoms with van der Waals surface area (Å²) in [7, 11) is 3.21. The normalized spacial score (nSPS) is 15.4. The highest BCUT2D eigenvalue weighted by Crippen LogP contribution is 2.35. The summed E-state index contributed by atoms with van der Waals surface area (Å²) in [4.78, 5) is 12.7. The van der Waals surface area contributed by atoms with Gasteiger partial charge in [-0.15, -0.1) is 0 Å². The van der Waals surface area contributed by atoms with Crippen molar-refractivity contribution in [2.45, 2.75) is 33.0 Å². The lowest BCUT2D eigenvalue weighted by Gasteiger charge is -2.10. The van der Waals surface area contributed by atoms with Crippen LogP contribution in [0.3, 0.4) is 0 Å². The lowest BCUT2D eigenvalue weighted by atomic mass is 10.0. The van der Waals surface area contributed by atoms with Gasteiger partial charge in [0.2, 0.25) is 0 Å². The molecule has 0 saturated heterocycles. The summed E-state index contributed by atoms with van der Waals surface area (Å²) in [6.45, 7) is 4.92. The maximum atomic E-state index is 12.7. The number of ether oxygens (including phenoxy) is 4. The number of hydrogen-bond donors (Lipinski definition) is 0. The van der Waals surface area contributed by atoms with Crippen LogP contribution in [0.1, 0.15) is 40.9 Å². The van der Waals surface area contributed by atoms with Crippen LogP contribution in [0.4, 0.5) is 0 Å². The van der Waals surface area contributed by atoms with Crippen LogP contribution in [-0.4, -0.2) is 32.7 Å². The first-order chi connectivity index (χ1) is 13.5. The van der Waals surface area contributed by atoms with E-state index in [1.54, 1.807) is 44.6 Å². The number of fused-ring (bicyclic) bond motifs is 1. The molecule has 0 N–H and O–H groups in total.